The van der Waals surface area contributed by atoms with Crippen LogP contribution in [0.4, 0.5) is 0 Å². The highest BCUT2D eigenvalue weighted by Gasteiger charge is 2.00. The smallest absolute Gasteiger partial charge is 0.120 e. The second-order valence-corrected chi connectivity index (χ2v) is 4.75. The first-order valence-corrected chi connectivity index (χ1v) is 6.66. The topological polar surface area (TPSA) is 9.23 Å². The van der Waals surface area contributed by atoms with Crippen LogP contribution in [-0.4, -0.2) is 0 Å². The van der Waals surface area contributed by atoms with Crippen molar-refractivity contribution in [1.82, 2.24) is 0 Å². The van der Waals surface area contributed by atoms with E-state index in [4.69, 9.17) is 4.74 Å². The number of hydrogen-bond donors (Lipinski definition) is 0. The molecule has 1 nitrogen and oxygen atoms in total. The first kappa shape index (κ1) is 13.4. The van der Waals surface area contributed by atoms with E-state index < -0.39 is 0 Å². The van der Waals surface area contributed by atoms with Gasteiger partial charge in [-0.25, -0.2) is 0 Å². The van der Waals surface area contributed by atoms with Crippen LogP contribution in [0.1, 0.15) is 29.2 Å². The molecule has 19 heavy (non-hydrogen) atoms. The van der Waals surface area contributed by atoms with Gasteiger partial charge in [-0.3, -0.25) is 0 Å². The summed E-state index contributed by atoms with van der Waals surface area (Å²) < 4.78 is 5.87. The summed E-state index contributed by atoms with van der Waals surface area (Å²) in [7, 11) is 0. The van der Waals surface area contributed by atoms with Gasteiger partial charge < -0.3 is 4.74 Å². The van der Waals surface area contributed by atoms with E-state index in [0.29, 0.717) is 6.61 Å². The van der Waals surface area contributed by atoms with Crippen molar-refractivity contribution in [3.8, 4) is 5.75 Å². The Labute approximate surface area is 115 Å². The summed E-state index contributed by atoms with van der Waals surface area (Å²) in [5.41, 5.74) is 4.84. The van der Waals surface area contributed by atoms with Gasteiger partial charge in [0.25, 0.3) is 0 Å². The lowest BCUT2D eigenvalue weighted by Crippen LogP contribution is -1.97. The van der Waals surface area contributed by atoms with Crippen LogP contribution in [0.5, 0.6) is 5.75 Å². The van der Waals surface area contributed by atoms with Crippen molar-refractivity contribution in [2.75, 3.05) is 0 Å². The third-order valence-corrected chi connectivity index (χ3v) is 3.11. The van der Waals surface area contributed by atoms with Gasteiger partial charge in [-0.1, -0.05) is 49.9 Å². The summed E-state index contributed by atoms with van der Waals surface area (Å²) >= 11 is 0. The summed E-state index contributed by atoms with van der Waals surface area (Å²) in [6.45, 7) is 8.63. The standard InChI is InChI=1S/C18H20O/c1-4-15-7-6-8-17(11-15)13-19-18-10-14(3)9-16(5-2)12-18/h5-12H,2,4,13H2,1,3H3. The molecule has 0 fully saturated rings. The summed E-state index contributed by atoms with van der Waals surface area (Å²) in [6, 6.07) is 14.7. The van der Waals surface area contributed by atoms with Crippen LogP contribution >= 0.6 is 0 Å². The lowest BCUT2D eigenvalue weighted by molar-refractivity contribution is 0.306. The lowest BCUT2D eigenvalue weighted by Gasteiger charge is -2.09. The van der Waals surface area contributed by atoms with E-state index in [9.17, 15) is 0 Å². The minimum atomic E-state index is 0.605. The number of aryl methyl sites for hydroxylation is 2. The Morgan fingerprint density at radius 1 is 1.11 bits per heavy atom. The van der Waals surface area contributed by atoms with Crippen LogP contribution in [0.2, 0.25) is 0 Å². The van der Waals surface area contributed by atoms with E-state index in [0.717, 1.165) is 17.7 Å². The van der Waals surface area contributed by atoms with Gasteiger partial charge in [-0.2, -0.15) is 0 Å². The van der Waals surface area contributed by atoms with Crippen molar-refractivity contribution in [1.29, 1.82) is 0 Å². The average molecular weight is 252 g/mol. The van der Waals surface area contributed by atoms with Crippen LogP contribution in [-0.2, 0) is 13.0 Å². The van der Waals surface area contributed by atoms with Gasteiger partial charge in [0.05, 0.1) is 0 Å². The Balaban J connectivity index is 2.09. The number of ether oxygens (including phenoxy) is 1. The molecule has 98 valence electrons. The number of rotatable bonds is 5. The summed E-state index contributed by atoms with van der Waals surface area (Å²) in [6.07, 6.45) is 2.90. The zero-order valence-corrected chi connectivity index (χ0v) is 11.6. The summed E-state index contributed by atoms with van der Waals surface area (Å²) in [5, 5.41) is 0. The molecule has 0 N–H and O–H groups in total. The van der Waals surface area contributed by atoms with E-state index >= 15 is 0 Å². The van der Waals surface area contributed by atoms with Crippen molar-refractivity contribution in [3.63, 3.8) is 0 Å². The molecular weight excluding hydrogens is 232 g/mol. The molecule has 0 aliphatic rings. The molecule has 0 unspecified atom stereocenters. The van der Waals surface area contributed by atoms with Gasteiger partial charge in [-0.05, 0) is 47.7 Å². The molecule has 0 saturated carbocycles. The molecule has 2 aromatic rings. The maximum Gasteiger partial charge on any atom is 0.120 e. The van der Waals surface area contributed by atoms with E-state index in [-0.39, 0.29) is 0 Å². The quantitative estimate of drug-likeness (QED) is 0.744. The average Bonchev–Trinajstić information content (AvgIpc) is 2.44. The van der Waals surface area contributed by atoms with Crippen LogP contribution in [0.25, 0.3) is 6.08 Å². The van der Waals surface area contributed by atoms with Gasteiger partial charge in [0.15, 0.2) is 0 Å². The van der Waals surface area contributed by atoms with Crippen LogP contribution in [0.3, 0.4) is 0 Å². The Kier molecular flexibility index (Phi) is 4.40. The first-order chi connectivity index (χ1) is 9.21. The number of hydrogen-bond acceptors (Lipinski definition) is 1. The largest absolute Gasteiger partial charge is 0.489 e. The van der Waals surface area contributed by atoms with Gasteiger partial charge >= 0.3 is 0 Å². The molecule has 0 amide bonds. The van der Waals surface area contributed by atoms with Crippen LogP contribution in [0, 0.1) is 6.92 Å². The molecule has 0 saturated heterocycles. The van der Waals surface area contributed by atoms with Crippen molar-refractivity contribution in [3.05, 3.63) is 71.3 Å². The highest BCUT2D eigenvalue weighted by Crippen LogP contribution is 2.19. The molecule has 0 atom stereocenters. The SMILES string of the molecule is C=Cc1cc(C)cc(OCc2cccc(CC)c2)c1. The molecule has 0 radical (unpaired) electrons. The Morgan fingerprint density at radius 2 is 1.89 bits per heavy atom. The molecule has 1 heteroatoms. The fraction of sp³-hybridized carbons (Fsp3) is 0.222. The fourth-order valence-corrected chi connectivity index (χ4v) is 2.08. The second-order valence-electron chi connectivity index (χ2n) is 4.75. The molecule has 0 aliphatic carbocycles. The highest BCUT2D eigenvalue weighted by molar-refractivity contribution is 5.51. The maximum atomic E-state index is 5.87. The maximum absolute atomic E-state index is 5.87. The summed E-state index contributed by atoms with van der Waals surface area (Å²) in [5.74, 6) is 0.900. The van der Waals surface area contributed by atoms with Crippen LogP contribution < -0.4 is 4.74 Å². The third kappa shape index (κ3) is 3.72. The molecule has 0 bridgehead atoms. The summed E-state index contributed by atoms with van der Waals surface area (Å²) in [4.78, 5) is 0. The van der Waals surface area contributed by atoms with Gasteiger partial charge in [0.2, 0.25) is 0 Å². The van der Waals surface area contributed by atoms with Crippen molar-refractivity contribution >= 4 is 6.08 Å². The van der Waals surface area contributed by atoms with E-state index in [1.807, 2.05) is 12.1 Å². The van der Waals surface area contributed by atoms with Gasteiger partial charge in [0.1, 0.15) is 12.4 Å². The van der Waals surface area contributed by atoms with E-state index in [1.54, 1.807) is 0 Å². The third-order valence-electron chi connectivity index (χ3n) is 3.11. The van der Waals surface area contributed by atoms with Crippen molar-refractivity contribution < 1.29 is 4.74 Å². The molecule has 0 heterocycles. The van der Waals surface area contributed by atoms with Gasteiger partial charge in [0, 0.05) is 0 Å². The van der Waals surface area contributed by atoms with Crippen LogP contribution in [0.15, 0.2) is 49.0 Å². The molecule has 0 aromatic heterocycles. The van der Waals surface area contributed by atoms with Crippen molar-refractivity contribution in [2.45, 2.75) is 26.9 Å². The second kappa shape index (κ2) is 6.24. The zero-order chi connectivity index (χ0) is 13.7. The predicted octanol–water partition coefficient (Wildman–Crippen LogP) is 4.78. The Hall–Kier alpha value is -2.02. The van der Waals surface area contributed by atoms with Crippen molar-refractivity contribution in [2.24, 2.45) is 0 Å². The van der Waals surface area contributed by atoms with E-state index in [2.05, 4.69) is 56.8 Å². The Morgan fingerprint density at radius 3 is 2.63 bits per heavy atom. The monoisotopic (exact) mass is 252 g/mol. The molecule has 2 aromatic carbocycles. The Bertz CT molecular complexity index is 570. The van der Waals surface area contributed by atoms with Gasteiger partial charge in [-0.15, -0.1) is 0 Å². The van der Waals surface area contributed by atoms with E-state index in [1.165, 1.54) is 16.7 Å². The minimum Gasteiger partial charge on any atom is -0.489 e. The predicted molar refractivity (Wildman–Crippen MR) is 81.4 cm³/mol. The zero-order valence-electron chi connectivity index (χ0n) is 11.6. The molecule has 0 spiro atoms. The molecule has 0 aliphatic heterocycles. The normalized spacial score (nSPS) is 10.2. The molecular formula is C18H20O. The minimum absolute atomic E-state index is 0.605. The molecule has 2 rings (SSSR count). The lowest BCUT2D eigenvalue weighted by atomic mass is 10.1. The highest BCUT2D eigenvalue weighted by atomic mass is 16.5. The number of benzene rings is 2. The first-order valence-electron chi connectivity index (χ1n) is 6.66. The fourth-order valence-electron chi connectivity index (χ4n) is 2.08.